The Morgan fingerprint density at radius 2 is 1.84 bits per heavy atom. The van der Waals surface area contributed by atoms with Gasteiger partial charge in [-0.05, 0) is 37.3 Å². The quantitative estimate of drug-likeness (QED) is 0.386. The maximum Gasteiger partial charge on any atom is 0.329 e. The van der Waals surface area contributed by atoms with Crippen LogP contribution in [0.4, 0.5) is 5.69 Å². The summed E-state index contributed by atoms with van der Waals surface area (Å²) < 4.78 is 13.5. The zero-order valence-electron chi connectivity index (χ0n) is 17.8. The number of carbonyl (C=O) groups is 4. The van der Waals surface area contributed by atoms with Crippen molar-refractivity contribution in [3.8, 4) is 0 Å². The van der Waals surface area contributed by atoms with Crippen molar-refractivity contribution in [2.24, 2.45) is 17.8 Å². The van der Waals surface area contributed by atoms with Gasteiger partial charge < -0.3 is 10.1 Å². The molecular formula is C22H24N4O5S. The number of likely N-dealkylation sites (tertiary alicyclic amines) is 1. The molecule has 3 unspecified atom stereocenters. The zero-order chi connectivity index (χ0) is 22.8. The highest BCUT2D eigenvalue weighted by Gasteiger charge is 2.51. The van der Waals surface area contributed by atoms with Crippen molar-refractivity contribution in [1.82, 2.24) is 13.6 Å². The Labute approximate surface area is 189 Å². The molecule has 0 saturated carbocycles. The molecule has 1 aromatic carbocycles. The first-order chi connectivity index (χ1) is 15.4. The van der Waals surface area contributed by atoms with E-state index >= 15 is 0 Å². The van der Waals surface area contributed by atoms with Crippen LogP contribution in [-0.4, -0.2) is 50.0 Å². The molecule has 1 aromatic heterocycles. The van der Waals surface area contributed by atoms with E-state index in [0.717, 1.165) is 16.6 Å². The molecule has 2 heterocycles. The van der Waals surface area contributed by atoms with Crippen LogP contribution in [0, 0.1) is 17.8 Å². The lowest BCUT2D eigenvalue weighted by atomic mass is 9.85. The van der Waals surface area contributed by atoms with E-state index in [2.05, 4.69) is 14.1 Å². The summed E-state index contributed by atoms with van der Waals surface area (Å²) in [5, 5.41) is 2.67. The number of allylic oxidation sites excluding steroid dienone is 2. The van der Waals surface area contributed by atoms with Gasteiger partial charge in [0.1, 0.15) is 17.1 Å². The summed E-state index contributed by atoms with van der Waals surface area (Å²) in [6.07, 6.45) is 5.06. The Morgan fingerprint density at radius 1 is 1.16 bits per heavy atom. The van der Waals surface area contributed by atoms with Crippen molar-refractivity contribution in [3.63, 3.8) is 0 Å². The van der Waals surface area contributed by atoms with E-state index in [0.29, 0.717) is 29.6 Å². The summed E-state index contributed by atoms with van der Waals surface area (Å²) in [5.41, 5.74) is 1.68. The molecular weight excluding hydrogens is 432 g/mol. The Bertz CT molecular complexity index is 1070. The fourth-order valence-corrected chi connectivity index (χ4v) is 4.76. The van der Waals surface area contributed by atoms with Gasteiger partial charge in [-0.2, -0.15) is 8.75 Å². The molecule has 3 atom stereocenters. The SMILES string of the molecule is CC(C)CC(C(=O)OCC(=O)Nc1cccc2nsnc12)N1C(=O)C2CC=CCC2C1=O. The second-order valence-corrected chi connectivity index (χ2v) is 8.97. The first-order valence-electron chi connectivity index (χ1n) is 10.6. The fraction of sp³-hybridized carbons (Fsp3) is 0.455. The van der Waals surface area contributed by atoms with Crippen LogP contribution in [0.5, 0.6) is 0 Å². The minimum Gasteiger partial charge on any atom is -0.454 e. The molecule has 1 saturated heterocycles. The standard InChI is InChI=1S/C22H24N4O5S/c1-12(2)10-17(26-20(28)13-6-3-4-7-14(13)21(26)29)22(30)31-11-18(27)23-15-8-5-9-16-19(15)25-32-24-16/h3-5,8-9,12-14,17H,6-7,10-11H2,1-2H3,(H,23,27). The number of benzene rings is 1. The first kappa shape index (κ1) is 22.1. The summed E-state index contributed by atoms with van der Waals surface area (Å²) in [4.78, 5) is 52.2. The highest BCUT2D eigenvalue weighted by atomic mass is 32.1. The number of nitrogens with zero attached hydrogens (tertiary/aromatic N) is 3. The van der Waals surface area contributed by atoms with Crippen LogP contribution in [0.3, 0.4) is 0 Å². The van der Waals surface area contributed by atoms with Gasteiger partial charge in [0.2, 0.25) is 11.8 Å². The summed E-state index contributed by atoms with van der Waals surface area (Å²) in [7, 11) is 0. The number of esters is 1. The third-order valence-corrected chi connectivity index (χ3v) is 6.27. The number of hydrogen-bond donors (Lipinski definition) is 1. The summed E-state index contributed by atoms with van der Waals surface area (Å²) in [5.74, 6) is -2.78. The molecule has 32 heavy (non-hydrogen) atoms. The van der Waals surface area contributed by atoms with Crippen molar-refractivity contribution in [3.05, 3.63) is 30.4 Å². The maximum atomic E-state index is 12.9. The van der Waals surface area contributed by atoms with Gasteiger partial charge >= 0.3 is 5.97 Å². The van der Waals surface area contributed by atoms with Crippen molar-refractivity contribution in [2.45, 2.75) is 39.2 Å². The number of aromatic nitrogens is 2. The molecule has 1 fully saturated rings. The molecule has 1 aliphatic heterocycles. The normalized spacial score (nSPS) is 21.2. The number of fused-ring (bicyclic) bond motifs is 2. The molecule has 3 amide bonds. The van der Waals surface area contributed by atoms with E-state index in [1.54, 1.807) is 18.2 Å². The smallest absolute Gasteiger partial charge is 0.329 e. The Kier molecular flexibility index (Phi) is 6.31. The summed E-state index contributed by atoms with van der Waals surface area (Å²) in [6, 6.07) is 4.16. The molecule has 2 aromatic rings. The van der Waals surface area contributed by atoms with Gasteiger partial charge in [-0.25, -0.2) is 4.79 Å². The molecule has 1 N–H and O–H groups in total. The van der Waals surface area contributed by atoms with Gasteiger partial charge in [-0.15, -0.1) is 0 Å². The third kappa shape index (κ3) is 4.27. The third-order valence-electron chi connectivity index (χ3n) is 5.73. The second-order valence-electron chi connectivity index (χ2n) is 8.44. The largest absolute Gasteiger partial charge is 0.454 e. The van der Waals surface area contributed by atoms with Gasteiger partial charge in [0, 0.05) is 0 Å². The number of nitrogens with one attached hydrogen (secondary N) is 1. The van der Waals surface area contributed by atoms with Crippen LogP contribution >= 0.6 is 11.7 Å². The van der Waals surface area contributed by atoms with E-state index in [9.17, 15) is 19.2 Å². The fourth-order valence-electron chi connectivity index (χ4n) is 4.21. The first-order valence-corrected chi connectivity index (χ1v) is 11.3. The molecule has 10 heteroatoms. The second kappa shape index (κ2) is 9.15. The molecule has 0 spiro atoms. The van der Waals surface area contributed by atoms with Crippen LogP contribution in [0.1, 0.15) is 33.1 Å². The number of carbonyl (C=O) groups excluding carboxylic acids is 4. The van der Waals surface area contributed by atoms with Crippen molar-refractivity contribution in [1.29, 1.82) is 0 Å². The lowest BCUT2D eigenvalue weighted by molar-refractivity contribution is -0.160. The van der Waals surface area contributed by atoms with Crippen LogP contribution in [-0.2, 0) is 23.9 Å². The maximum absolute atomic E-state index is 12.9. The highest BCUT2D eigenvalue weighted by Crippen LogP contribution is 2.37. The number of hydrogen-bond acceptors (Lipinski definition) is 8. The monoisotopic (exact) mass is 456 g/mol. The van der Waals surface area contributed by atoms with E-state index in [1.165, 1.54) is 0 Å². The van der Waals surface area contributed by atoms with Crippen molar-refractivity contribution < 1.29 is 23.9 Å². The number of imide groups is 1. The van der Waals surface area contributed by atoms with E-state index in [4.69, 9.17) is 4.74 Å². The van der Waals surface area contributed by atoms with Gasteiger partial charge in [-0.3, -0.25) is 19.3 Å². The number of anilines is 1. The Hall–Kier alpha value is -3.14. The van der Waals surface area contributed by atoms with Gasteiger partial charge in [-0.1, -0.05) is 32.1 Å². The topological polar surface area (TPSA) is 119 Å². The van der Waals surface area contributed by atoms with Crippen molar-refractivity contribution in [2.75, 3.05) is 11.9 Å². The van der Waals surface area contributed by atoms with Crippen LogP contribution < -0.4 is 5.32 Å². The molecule has 9 nitrogen and oxygen atoms in total. The predicted molar refractivity (Wildman–Crippen MR) is 117 cm³/mol. The van der Waals surface area contributed by atoms with E-state index < -0.39 is 36.4 Å². The number of amides is 3. The van der Waals surface area contributed by atoms with E-state index in [1.807, 2.05) is 26.0 Å². The van der Waals surface area contributed by atoms with Crippen molar-refractivity contribution >= 4 is 52.1 Å². The van der Waals surface area contributed by atoms with E-state index in [-0.39, 0.29) is 24.2 Å². The molecule has 0 radical (unpaired) electrons. The van der Waals surface area contributed by atoms with Gasteiger partial charge in [0.25, 0.3) is 5.91 Å². The summed E-state index contributed by atoms with van der Waals surface area (Å²) >= 11 is 1.03. The minimum atomic E-state index is -1.04. The number of ether oxygens (including phenoxy) is 1. The molecule has 1 aliphatic carbocycles. The van der Waals surface area contributed by atoms with Crippen LogP contribution in [0.2, 0.25) is 0 Å². The number of rotatable bonds is 7. The Morgan fingerprint density at radius 3 is 2.50 bits per heavy atom. The molecule has 2 aliphatic rings. The lowest BCUT2D eigenvalue weighted by Crippen LogP contribution is -2.47. The minimum absolute atomic E-state index is 0.0393. The zero-order valence-corrected chi connectivity index (χ0v) is 18.6. The van der Waals surface area contributed by atoms with Gasteiger partial charge in [0.05, 0.1) is 29.3 Å². The highest BCUT2D eigenvalue weighted by molar-refractivity contribution is 7.00. The average molecular weight is 457 g/mol. The van der Waals surface area contributed by atoms with Crippen LogP contribution in [0.25, 0.3) is 11.0 Å². The average Bonchev–Trinajstić information content (AvgIpc) is 3.35. The molecule has 168 valence electrons. The lowest BCUT2D eigenvalue weighted by Gasteiger charge is -2.26. The predicted octanol–water partition coefficient (Wildman–Crippen LogP) is 2.54. The summed E-state index contributed by atoms with van der Waals surface area (Å²) in [6.45, 7) is 3.26. The van der Waals surface area contributed by atoms with Crippen LogP contribution in [0.15, 0.2) is 30.4 Å². The Balaban J connectivity index is 1.43. The molecule has 4 rings (SSSR count). The van der Waals surface area contributed by atoms with Gasteiger partial charge in [0.15, 0.2) is 6.61 Å². The molecule has 0 bridgehead atoms.